The molecule has 126 valence electrons. The Balaban J connectivity index is 1.62. The van der Waals surface area contributed by atoms with Gasteiger partial charge in [-0.15, -0.1) is 0 Å². The van der Waals surface area contributed by atoms with Crippen molar-refractivity contribution in [3.05, 3.63) is 30.1 Å². The molecule has 5 heteroatoms. The summed E-state index contributed by atoms with van der Waals surface area (Å²) in [6, 6.07) is 5.76. The molecule has 1 aromatic rings. The summed E-state index contributed by atoms with van der Waals surface area (Å²) in [5, 5.41) is 3.13. The Labute approximate surface area is 138 Å². The zero-order valence-electron chi connectivity index (χ0n) is 14.0. The molecule has 23 heavy (non-hydrogen) atoms. The molecule has 1 saturated carbocycles. The molecule has 3 rings (SSSR count). The third-order valence-electron chi connectivity index (χ3n) is 5.21. The average Bonchev–Trinajstić information content (AvgIpc) is 3.06. The summed E-state index contributed by atoms with van der Waals surface area (Å²) in [5.74, 6) is 0.136. The van der Waals surface area contributed by atoms with Crippen LogP contribution in [-0.4, -0.2) is 47.6 Å². The minimum Gasteiger partial charge on any atom is -0.379 e. The molecule has 2 aliphatic rings. The lowest BCUT2D eigenvalue weighted by Crippen LogP contribution is -2.54. The van der Waals surface area contributed by atoms with Crippen LogP contribution < -0.4 is 5.32 Å². The molecule has 0 aromatic carbocycles. The van der Waals surface area contributed by atoms with E-state index in [9.17, 15) is 4.79 Å². The molecule has 0 radical (unpaired) electrons. The van der Waals surface area contributed by atoms with E-state index in [1.807, 2.05) is 25.1 Å². The van der Waals surface area contributed by atoms with E-state index in [0.717, 1.165) is 44.8 Å². The molecule has 0 bridgehead atoms. The van der Waals surface area contributed by atoms with Gasteiger partial charge >= 0.3 is 0 Å². The van der Waals surface area contributed by atoms with Gasteiger partial charge in [0.1, 0.15) is 0 Å². The van der Waals surface area contributed by atoms with Gasteiger partial charge in [0.05, 0.1) is 24.9 Å². The van der Waals surface area contributed by atoms with Crippen molar-refractivity contribution in [1.82, 2.24) is 15.2 Å². The average molecular weight is 317 g/mol. The second-order valence-corrected chi connectivity index (χ2v) is 6.75. The van der Waals surface area contributed by atoms with Crippen LogP contribution in [0.4, 0.5) is 0 Å². The Kier molecular flexibility index (Phi) is 5.28. The molecule has 5 nitrogen and oxygen atoms in total. The van der Waals surface area contributed by atoms with E-state index in [1.54, 1.807) is 6.20 Å². The third-order valence-corrected chi connectivity index (χ3v) is 5.21. The standard InChI is InChI=1S/C18H27N3O2/c1-15(16-6-2-5-9-19-16)20-17(22)14-18(7-3-4-8-18)21-10-12-23-13-11-21/h2,5-6,9,15H,3-4,7-8,10-14H2,1H3,(H,20,22). The van der Waals surface area contributed by atoms with Crippen LogP contribution in [0.3, 0.4) is 0 Å². The van der Waals surface area contributed by atoms with Crippen molar-refractivity contribution in [2.24, 2.45) is 0 Å². The quantitative estimate of drug-likeness (QED) is 0.905. The summed E-state index contributed by atoms with van der Waals surface area (Å²) in [6.45, 7) is 5.46. The molecule has 1 amide bonds. The molecule has 1 N–H and O–H groups in total. The number of ether oxygens (including phenoxy) is 1. The van der Waals surface area contributed by atoms with Crippen molar-refractivity contribution >= 4 is 5.91 Å². The number of hydrogen-bond donors (Lipinski definition) is 1. The van der Waals surface area contributed by atoms with Gasteiger partial charge in [-0.05, 0) is 31.9 Å². The SMILES string of the molecule is CC(NC(=O)CC1(N2CCOCC2)CCCC1)c1ccccn1. The van der Waals surface area contributed by atoms with Crippen molar-refractivity contribution in [3.63, 3.8) is 0 Å². The van der Waals surface area contributed by atoms with Crippen LogP contribution in [-0.2, 0) is 9.53 Å². The summed E-state index contributed by atoms with van der Waals surface area (Å²) < 4.78 is 5.48. The monoisotopic (exact) mass is 317 g/mol. The first-order chi connectivity index (χ1) is 11.2. The summed E-state index contributed by atoms with van der Waals surface area (Å²) in [5.41, 5.74) is 0.949. The zero-order valence-corrected chi connectivity index (χ0v) is 14.0. The highest BCUT2D eigenvalue weighted by atomic mass is 16.5. The molecular weight excluding hydrogens is 290 g/mol. The van der Waals surface area contributed by atoms with Crippen LogP contribution in [0.1, 0.15) is 50.8 Å². The molecule has 1 aliphatic carbocycles. The number of amides is 1. The van der Waals surface area contributed by atoms with Gasteiger partial charge in [0, 0.05) is 31.2 Å². The van der Waals surface area contributed by atoms with Gasteiger partial charge in [-0.2, -0.15) is 0 Å². The van der Waals surface area contributed by atoms with Gasteiger partial charge in [0.2, 0.25) is 5.91 Å². The molecular formula is C18H27N3O2. The first-order valence-electron chi connectivity index (χ1n) is 8.73. The first-order valence-corrected chi connectivity index (χ1v) is 8.73. The highest BCUT2D eigenvalue weighted by Crippen LogP contribution is 2.38. The van der Waals surface area contributed by atoms with Gasteiger partial charge in [0.15, 0.2) is 0 Å². The predicted molar refractivity (Wildman–Crippen MR) is 89.0 cm³/mol. The first kappa shape index (κ1) is 16.4. The van der Waals surface area contributed by atoms with E-state index in [0.29, 0.717) is 6.42 Å². The molecule has 1 aromatic heterocycles. The van der Waals surface area contributed by atoms with Gasteiger partial charge in [-0.1, -0.05) is 18.9 Å². The maximum atomic E-state index is 12.6. The van der Waals surface area contributed by atoms with E-state index >= 15 is 0 Å². The number of nitrogens with one attached hydrogen (secondary N) is 1. The number of aromatic nitrogens is 1. The second kappa shape index (κ2) is 7.41. The lowest BCUT2D eigenvalue weighted by molar-refractivity contribution is -0.126. The smallest absolute Gasteiger partial charge is 0.222 e. The van der Waals surface area contributed by atoms with Crippen molar-refractivity contribution < 1.29 is 9.53 Å². The summed E-state index contributed by atoms with van der Waals surface area (Å²) >= 11 is 0. The molecule has 2 fully saturated rings. The molecule has 1 saturated heterocycles. The van der Waals surface area contributed by atoms with Crippen LogP contribution in [0.2, 0.25) is 0 Å². The fraction of sp³-hybridized carbons (Fsp3) is 0.667. The van der Waals surface area contributed by atoms with Crippen molar-refractivity contribution in [2.45, 2.75) is 50.6 Å². The van der Waals surface area contributed by atoms with Crippen molar-refractivity contribution in [1.29, 1.82) is 0 Å². The van der Waals surface area contributed by atoms with Crippen LogP contribution in [0.25, 0.3) is 0 Å². The largest absolute Gasteiger partial charge is 0.379 e. The minimum atomic E-state index is -0.0492. The maximum Gasteiger partial charge on any atom is 0.222 e. The predicted octanol–water partition coefficient (Wildman–Crippen LogP) is 2.29. The third kappa shape index (κ3) is 3.90. The minimum absolute atomic E-state index is 0.0394. The molecule has 1 atom stereocenters. The number of morpholine rings is 1. The zero-order chi connectivity index (χ0) is 16.1. The molecule has 2 heterocycles. The number of rotatable bonds is 5. The Morgan fingerprint density at radius 1 is 1.35 bits per heavy atom. The summed E-state index contributed by atoms with van der Waals surface area (Å²) in [6.07, 6.45) is 7.05. The number of hydrogen-bond acceptors (Lipinski definition) is 4. The van der Waals surface area contributed by atoms with Crippen LogP contribution >= 0.6 is 0 Å². The molecule has 0 spiro atoms. The molecule has 1 unspecified atom stereocenters. The Morgan fingerprint density at radius 3 is 2.74 bits per heavy atom. The number of carbonyl (C=O) groups is 1. The lowest BCUT2D eigenvalue weighted by atomic mass is 9.89. The molecule has 1 aliphatic heterocycles. The second-order valence-electron chi connectivity index (χ2n) is 6.75. The van der Waals surface area contributed by atoms with Crippen molar-refractivity contribution in [2.75, 3.05) is 26.3 Å². The van der Waals surface area contributed by atoms with Crippen LogP contribution in [0.5, 0.6) is 0 Å². The summed E-state index contributed by atoms with van der Waals surface area (Å²) in [7, 11) is 0. The number of pyridine rings is 1. The van der Waals surface area contributed by atoms with E-state index in [2.05, 4.69) is 15.2 Å². The Hall–Kier alpha value is -1.46. The van der Waals surface area contributed by atoms with Gasteiger partial charge < -0.3 is 10.1 Å². The van der Waals surface area contributed by atoms with Crippen LogP contribution in [0.15, 0.2) is 24.4 Å². The number of nitrogens with zero attached hydrogens (tertiary/aromatic N) is 2. The summed E-state index contributed by atoms with van der Waals surface area (Å²) in [4.78, 5) is 19.5. The Morgan fingerprint density at radius 2 is 2.09 bits per heavy atom. The lowest BCUT2D eigenvalue weighted by Gasteiger charge is -2.43. The topological polar surface area (TPSA) is 54.5 Å². The fourth-order valence-corrected chi connectivity index (χ4v) is 3.97. The number of carbonyl (C=O) groups excluding carboxylic acids is 1. The van der Waals surface area contributed by atoms with E-state index in [-0.39, 0.29) is 17.5 Å². The normalized spacial score (nSPS) is 22.7. The van der Waals surface area contributed by atoms with E-state index in [1.165, 1.54) is 12.8 Å². The van der Waals surface area contributed by atoms with E-state index in [4.69, 9.17) is 4.74 Å². The van der Waals surface area contributed by atoms with Crippen molar-refractivity contribution in [3.8, 4) is 0 Å². The van der Waals surface area contributed by atoms with Crippen LogP contribution in [0, 0.1) is 0 Å². The van der Waals surface area contributed by atoms with E-state index < -0.39 is 0 Å². The van der Waals surface area contributed by atoms with Gasteiger partial charge in [0.25, 0.3) is 0 Å². The van der Waals surface area contributed by atoms with Gasteiger partial charge in [-0.25, -0.2) is 0 Å². The van der Waals surface area contributed by atoms with Gasteiger partial charge in [-0.3, -0.25) is 14.7 Å². The fourth-order valence-electron chi connectivity index (χ4n) is 3.97. The highest BCUT2D eigenvalue weighted by molar-refractivity contribution is 5.77. The maximum absolute atomic E-state index is 12.6. The Bertz CT molecular complexity index is 508. The highest BCUT2D eigenvalue weighted by Gasteiger charge is 2.41.